The van der Waals surface area contributed by atoms with Crippen molar-refractivity contribution in [3.63, 3.8) is 0 Å². The minimum Gasteiger partial charge on any atom is -0.358 e. The highest BCUT2D eigenvalue weighted by atomic mass is 32.1. The molecule has 1 atom stereocenters. The summed E-state index contributed by atoms with van der Waals surface area (Å²) in [6.07, 6.45) is 0.0677. The molecule has 0 unspecified atom stereocenters. The number of carbonyl (C=O) groups excluding carboxylic acids is 2. The monoisotopic (exact) mass is 475 g/mol. The number of anilines is 1. The second-order valence-electron chi connectivity index (χ2n) is 8.67. The van der Waals surface area contributed by atoms with E-state index in [9.17, 15) is 9.59 Å². The SMILES string of the molecule is Cc1cccc(N2C(=O)C[C@H](N(Cc3c(C)nn(C)c3C)C(=S)NCc3ccccc3)C2=O)c1. The van der Waals surface area contributed by atoms with Gasteiger partial charge in [-0.1, -0.05) is 42.5 Å². The molecule has 34 heavy (non-hydrogen) atoms. The van der Waals surface area contributed by atoms with Crippen molar-refractivity contribution in [3.05, 3.63) is 82.7 Å². The Hall–Kier alpha value is -3.52. The molecule has 1 aliphatic heterocycles. The maximum atomic E-state index is 13.6. The van der Waals surface area contributed by atoms with Crippen LogP contribution in [-0.4, -0.2) is 37.6 Å². The molecule has 7 nitrogen and oxygen atoms in total. The Morgan fingerprint density at radius 2 is 1.85 bits per heavy atom. The smallest absolute Gasteiger partial charge is 0.257 e. The maximum Gasteiger partial charge on any atom is 0.257 e. The zero-order valence-electron chi connectivity index (χ0n) is 19.9. The van der Waals surface area contributed by atoms with E-state index in [1.807, 2.05) is 85.9 Å². The molecule has 1 aliphatic rings. The topological polar surface area (TPSA) is 70.5 Å². The molecule has 4 rings (SSSR count). The van der Waals surface area contributed by atoms with Crippen LogP contribution >= 0.6 is 12.2 Å². The summed E-state index contributed by atoms with van der Waals surface area (Å²) in [6.45, 7) is 6.79. The summed E-state index contributed by atoms with van der Waals surface area (Å²) in [7, 11) is 1.89. The number of amides is 2. The summed E-state index contributed by atoms with van der Waals surface area (Å²) < 4.78 is 1.82. The van der Waals surface area contributed by atoms with E-state index >= 15 is 0 Å². The van der Waals surface area contributed by atoms with Crippen LogP contribution in [0.1, 0.15) is 34.5 Å². The van der Waals surface area contributed by atoms with Crippen molar-refractivity contribution in [1.29, 1.82) is 0 Å². The normalized spacial score (nSPS) is 15.6. The number of nitrogens with zero attached hydrogens (tertiary/aromatic N) is 4. The van der Waals surface area contributed by atoms with Crippen LogP contribution in [0.2, 0.25) is 0 Å². The number of imide groups is 1. The fourth-order valence-corrected chi connectivity index (χ4v) is 4.58. The first-order chi connectivity index (χ1) is 16.3. The molecule has 3 aromatic rings. The molecule has 2 heterocycles. The highest BCUT2D eigenvalue weighted by Crippen LogP contribution is 2.28. The molecule has 1 aromatic heterocycles. The van der Waals surface area contributed by atoms with E-state index in [1.54, 1.807) is 6.07 Å². The zero-order valence-corrected chi connectivity index (χ0v) is 20.7. The second-order valence-corrected chi connectivity index (χ2v) is 9.06. The van der Waals surface area contributed by atoms with Crippen LogP contribution in [0.3, 0.4) is 0 Å². The second kappa shape index (κ2) is 9.77. The predicted octanol–water partition coefficient (Wildman–Crippen LogP) is 3.55. The Kier molecular flexibility index (Phi) is 6.79. The van der Waals surface area contributed by atoms with Crippen LogP contribution in [0.15, 0.2) is 54.6 Å². The van der Waals surface area contributed by atoms with E-state index in [1.165, 1.54) is 4.90 Å². The summed E-state index contributed by atoms with van der Waals surface area (Å²) >= 11 is 5.78. The lowest BCUT2D eigenvalue weighted by atomic mass is 10.1. The summed E-state index contributed by atoms with van der Waals surface area (Å²) in [6, 6.07) is 16.7. The van der Waals surface area contributed by atoms with Gasteiger partial charge in [0.25, 0.3) is 5.91 Å². The molecule has 1 saturated heterocycles. The predicted molar refractivity (Wildman–Crippen MR) is 136 cm³/mol. The third-order valence-corrected chi connectivity index (χ3v) is 6.67. The molecular weight excluding hydrogens is 446 g/mol. The van der Waals surface area contributed by atoms with Gasteiger partial charge in [-0.25, -0.2) is 4.90 Å². The molecule has 1 N–H and O–H groups in total. The molecule has 0 bridgehead atoms. The first kappa shape index (κ1) is 23.6. The third kappa shape index (κ3) is 4.72. The highest BCUT2D eigenvalue weighted by molar-refractivity contribution is 7.80. The van der Waals surface area contributed by atoms with Crippen molar-refractivity contribution in [2.75, 3.05) is 4.90 Å². The number of nitrogens with one attached hydrogen (secondary N) is 1. The summed E-state index contributed by atoms with van der Waals surface area (Å²) in [4.78, 5) is 29.7. The minimum atomic E-state index is -0.692. The Labute approximate surface area is 205 Å². The maximum absolute atomic E-state index is 13.6. The summed E-state index contributed by atoms with van der Waals surface area (Å²) in [5, 5.41) is 8.24. The van der Waals surface area contributed by atoms with Crippen molar-refractivity contribution < 1.29 is 9.59 Å². The van der Waals surface area contributed by atoms with Crippen molar-refractivity contribution in [2.45, 2.75) is 46.3 Å². The van der Waals surface area contributed by atoms with Gasteiger partial charge in [-0.05, 0) is 56.2 Å². The van der Waals surface area contributed by atoms with E-state index in [-0.39, 0.29) is 18.2 Å². The van der Waals surface area contributed by atoms with Gasteiger partial charge in [0, 0.05) is 31.4 Å². The number of aromatic nitrogens is 2. The number of benzene rings is 2. The standard InChI is InChI=1S/C26H29N5O2S/c1-17-9-8-12-21(13-17)31-24(32)14-23(25(31)33)30(16-22-18(2)28-29(4)19(22)3)26(34)27-15-20-10-6-5-7-11-20/h5-13,23H,14-16H2,1-4H3,(H,27,34)/t23-/m0/s1. The van der Waals surface area contributed by atoms with E-state index in [0.29, 0.717) is 23.9 Å². The average Bonchev–Trinajstić information content (AvgIpc) is 3.24. The lowest BCUT2D eigenvalue weighted by Gasteiger charge is -2.30. The van der Waals surface area contributed by atoms with Gasteiger partial charge < -0.3 is 10.2 Å². The average molecular weight is 476 g/mol. The lowest BCUT2D eigenvalue weighted by molar-refractivity contribution is -0.122. The van der Waals surface area contributed by atoms with E-state index < -0.39 is 6.04 Å². The number of hydrogen-bond donors (Lipinski definition) is 1. The number of hydrogen-bond acceptors (Lipinski definition) is 4. The lowest BCUT2D eigenvalue weighted by Crippen LogP contribution is -2.49. The molecule has 0 radical (unpaired) electrons. The van der Waals surface area contributed by atoms with E-state index in [2.05, 4.69) is 10.4 Å². The molecule has 8 heteroatoms. The fraction of sp³-hybridized carbons (Fsp3) is 0.308. The van der Waals surface area contributed by atoms with Gasteiger partial charge in [0.2, 0.25) is 5.91 Å². The Bertz CT molecular complexity index is 1240. The zero-order chi connectivity index (χ0) is 24.4. The van der Waals surface area contributed by atoms with Crippen molar-refractivity contribution in [2.24, 2.45) is 7.05 Å². The molecule has 1 fully saturated rings. The van der Waals surface area contributed by atoms with Crippen LogP contribution < -0.4 is 10.2 Å². The Balaban J connectivity index is 1.63. The summed E-state index contributed by atoms with van der Waals surface area (Å²) in [5.74, 6) is -0.491. The van der Waals surface area contributed by atoms with Gasteiger partial charge >= 0.3 is 0 Å². The molecule has 0 aliphatic carbocycles. The van der Waals surface area contributed by atoms with Crippen molar-refractivity contribution in [1.82, 2.24) is 20.0 Å². The molecule has 2 aromatic carbocycles. The third-order valence-electron chi connectivity index (χ3n) is 6.29. The quantitative estimate of drug-likeness (QED) is 0.434. The van der Waals surface area contributed by atoms with Gasteiger partial charge in [-0.15, -0.1) is 0 Å². The van der Waals surface area contributed by atoms with Crippen molar-refractivity contribution in [3.8, 4) is 0 Å². The number of thiocarbonyl (C=S) groups is 1. The van der Waals surface area contributed by atoms with Gasteiger partial charge in [0.05, 0.1) is 17.8 Å². The number of aryl methyl sites for hydroxylation is 3. The van der Waals surface area contributed by atoms with Crippen molar-refractivity contribution >= 4 is 34.8 Å². The van der Waals surface area contributed by atoms with E-state index in [0.717, 1.165) is 28.1 Å². The van der Waals surface area contributed by atoms with Crippen LogP contribution in [-0.2, 0) is 29.7 Å². The highest BCUT2D eigenvalue weighted by Gasteiger charge is 2.44. The van der Waals surface area contributed by atoms with Crippen LogP contribution in [0, 0.1) is 20.8 Å². The van der Waals surface area contributed by atoms with Crippen LogP contribution in [0.5, 0.6) is 0 Å². The largest absolute Gasteiger partial charge is 0.358 e. The molecule has 0 spiro atoms. The van der Waals surface area contributed by atoms with E-state index in [4.69, 9.17) is 12.2 Å². The van der Waals surface area contributed by atoms with Crippen LogP contribution in [0.25, 0.3) is 0 Å². The molecule has 2 amide bonds. The Morgan fingerprint density at radius 1 is 1.12 bits per heavy atom. The Morgan fingerprint density at radius 3 is 2.50 bits per heavy atom. The van der Waals surface area contributed by atoms with Gasteiger partial charge in [-0.3, -0.25) is 14.3 Å². The number of carbonyl (C=O) groups is 2. The first-order valence-electron chi connectivity index (χ1n) is 11.3. The van der Waals surface area contributed by atoms with Gasteiger partial charge in [0.15, 0.2) is 5.11 Å². The fourth-order valence-electron chi connectivity index (χ4n) is 4.31. The number of rotatable bonds is 6. The van der Waals surface area contributed by atoms with Gasteiger partial charge in [0.1, 0.15) is 6.04 Å². The first-order valence-corrected chi connectivity index (χ1v) is 11.7. The molecular formula is C26H29N5O2S. The van der Waals surface area contributed by atoms with Crippen LogP contribution in [0.4, 0.5) is 5.69 Å². The molecule has 0 saturated carbocycles. The molecule has 176 valence electrons. The van der Waals surface area contributed by atoms with Gasteiger partial charge in [-0.2, -0.15) is 5.10 Å². The summed E-state index contributed by atoms with van der Waals surface area (Å²) in [5.41, 5.74) is 5.53. The minimum absolute atomic E-state index is 0.0677.